The van der Waals surface area contributed by atoms with Crippen LogP contribution < -0.4 is 5.43 Å². The zero-order valence-electron chi connectivity index (χ0n) is 11.1. The van der Waals surface area contributed by atoms with E-state index >= 15 is 0 Å². The molecule has 0 atom stereocenters. The molecular formula is C15H20N4. The summed E-state index contributed by atoms with van der Waals surface area (Å²) < 4.78 is 0. The Morgan fingerprint density at radius 2 is 1.89 bits per heavy atom. The van der Waals surface area contributed by atoms with E-state index in [4.69, 9.17) is 0 Å². The summed E-state index contributed by atoms with van der Waals surface area (Å²) in [6, 6.07) is 10.4. The van der Waals surface area contributed by atoms with E-state index in [1.165, 1.54) is 30.4 Å². The van der Waals surface area contributed by atoms with Crippen LogP contribution in [0.15, 0.2) is 36.5 Å². The number of piperidine rings is 1. The molecule has 0 amide bonds. The molecule has 1 saturated heterocycles. The van der Waals surface area contributed by atoms with Gasteiger partial charge < -0.3 is 0 Å². The van der Waals surface area contributed by atoms with Crippen molar-refractivity contribution in [2.24, 2.45) is 0 Å². The number of aromatic amines is 1. The largest absolute Gasteiger partial charge is 0.278 e. The third-order valence-electron chi connectivity index (χ3n) is 3.63. The maximum atomic E-state index is 4.18. The fourth-order valence-electron chi connectivity index (χ4n) is 2.55. The van der Waals surface area contributed by atoms with Crippen molar-refractivity contribution in [2.45, 2.75) is 25.8 Å². The molecule has 2 N–H and O–H groups in total. The van der Waals surface area contributed by atoms with Crippen LogP contribution in [-0.2, 0) is 6.54 Å². The zero-order chi connectivity index (χ0) is 12.9. The number of nitrogens with one attached hydrogen (secondary N) is 2. The Morgan fingerprint density at radius 3 is 2.68 bits per heavy atom. The van der Waals surface area contributed by atoms with Crippen LogP contribution in [0, 0.1) is 0 Å². The van der Waals surface area contributed by atoms with Crippen molar-refractivity contribution in [2.75, 3.05) is 13.1 Å². The van der Waals surface area contributed by atoms with E-state index in [0.717, 1.165) is 25.3 Å². The Labute approximate surface area is 113 Å². The number of rotatable bonds is 4. The minimum Gasteiger partial charge on any atom is -0.278 e. The molecule has 2 aromatic rings. The van der Waals surface area contributed by atoms with E-state index in [0.29, 0.717) is 0 Å². The van der Waals surface area contributed by atoms with Crippen LogP contribution in [0.4, 0.5) is 0 Å². The van der Waals surface area contributed by atoms with Crippen molar-refractivity contribution < 1.29 is 0 Å². The summed E-state index contributed by atoms with van der Waals surface area (Å²) in [5.41, 5.74) is 7.03. The molecule has 1 aromatic heterocycles. The monoisotopic (exact) mass is 256 g/mol. The van der Waals surface area contributed by atoms with Crippen LogP contribution in [0.1, 0.15) is 24.8 Å². The number of hydrogen-bond donors (Lipinski definition) is 2. The number of hydrogen-bond acceptors (Lipinski definition) is 3. The molecule has 0 radical (unpaired) electrons. The maximum Gasteiger partial charge on any atom is 0.0695 e. The predicted molar refractivity (Wildman–Crippen MR) is 76.3 cm³/mol. The Hall–Kier alpha value is -1.65. The first kappa shape index (κ1) is 12.4. The van der Waals surface area contributed by atoms with Crippen LogP contribution >= 0.6 is 0 Å². The van der Waals surface area contributed by atoms with Crippen molar-refractivity contribution in [1.82, 2.24) is 20.6 Å². The van der Waals surface area contributed by atoms with Gasteiger partial charge in [0.1, 0.15) is 0 Å². The summed E-state index contributed by atoms with van der Waals surface area (Å²) in [4.78, 5) is 0. The van der Waals surface area contributed by atoms with Gasteiger partial charge in [-0.3, -0.25) is 10.5 Å². The SMILES string of the molecule is c1ccc(-c2[nH]ncc2CNN2CCCCC2)cc1. The number of aromatic nitrogens is 2. The molecule has 1 aromatic carbocycles. The second-order valence-corrected chi connectivity index (χ2v) is 5.02. The first-order valence-corrected chi connectivity index (χ1v) is 6.99. The quantitative estimate of drug-likeness (QED) is 0.883. The molecule has 0 spiro atoms. The van der Waals surface area contributed by atoms with E-state index in [9.17, 15) is 0 Å². The van der Waals surface area contributed by atoms with Gasteiger partial charge in [-0.05, 0) is 18.4 Å². The lowest BCUT2D eigenvalue weighted by Gasteiger charge is -2.27. The zero-order valence-corrected chi connectivity index (χ0v) is 11.1. The van der Waals surface area contributed by atoms with E-state index in [2.05, 4.69) is 44.9 Å². The standard InChI is InChI=1S/C15H20N4/c1-3-7-13(8-4-1)15-14(11-16-18-15)12-17-19-9-5-2-6-10-19/h1,3-4,7-8,11,17H,2,5-6,9-10,12H2,(H,16,18). The molecule has 0 bridgehead atoms. The average molecular weight is 256 g/mol. The molecule has 100 valence electrons. The van der Waals surface area contributed by atoms with Crippen LogP contribution in [0.5, 0.6) is 0 Å². The molecule has 0 unspecified atom stereocenters. The van der Waals surface area contributed by atoms with Crippen molar-refractivity contribution in [3.8, 4) is 11.3 Å². The topological polar surface area (TPSA) is 44.0 Å². The molecule has 0 saturated carbocycles. The molecule has 1 fully saturated rings. The number of hydrazine groups is 1. The van der Waals surface area contributed by atoms with Crippen LogP contribution in [-0.4, -0.2) is 28.3 Å². The van der Waals surface area contributed by atoms with Gasteiger partial charge >= 0.3 is 0 Å². The molecule has 2 heterocycles. The van der Waals surface area contributed by atoms with Gasteiger partial charge in [0.15, 0.2) is 0 Å². The lowest BCUT2D eigenvalue weighted by Crippen LogP contribution is -2.41. The minimum absolute atomic E-state index is 0.834. The predicted octanol–water partition coefficient (Wildman–Crippen LogP) is 2.57. The third kappa shape index (κ3) is 3.03. The lowest BCUT2D eigenvalue weighted by atomic mass is 10.1. The van der Waals surface area contributed by atoms with Gasteiger partial charge in [-0.1, -0.05) is 36.8 Å². The molecule has 19 heavy (non-hydrogen) atoms. The Morgan fingerprint density at radius 1 is 1.11 bits per heavy atom. The van der Waals surface area contributed by atoms with Crippen LogP contribution in [0.2, 0.25) is 0 Å². The summed E-state index contributed by atoms with van der Waals surface area (Å²) in [6.07, 6.45) is 5.87. The van der Waals surface area contributed by atoms with Gasteiger partial charge in [-0.2, -0.15) is 5.10 Å². The fourth-order valence-corrected chi connectivity index (χ4v) is 2.55. The molecule has 0 aliphatic carbocycles. The summed E-state index contributed by atoms with van der Waals surface area (Å²) in [5.74, 6) is 0. The lowest BCUT2D eigenvalue weighted by molar-refractivity contribution is 0.151. The average Bonchev–Trinajstić information content (AvgIpc) is 2.95. The van der Waals surface area contributed by atoms with Crippen molar-refractivity contribution >= 4 is 0 Å². The van der Waals surface area contributed by atoms with Gasteiger partial charge in [0.25, 0.3) is 0 Å². The van der Waals surface area contributed by atoms with Crippen molar-refractivity contribution in [1.29, 1.82) is 0 Å². The second-order valence-electron chi connectivity index (χ2n) is 5.02. The normalized spacial score (nSPS) is 16.6. The number of H-pyrrole nitrogens is 1. The molecule has 3 rings (SSSR count). The summed E-state index contributed by atoms with van der Waals surface area (Å²) in [7, 11) is 0. The van der Waals surface area contributed by atoms with Crippen LogP contribution in [0.3, 0.4) is 0 Å². The molecule has 1 aliphatic rings. The first-order chi connectivity index (χ1) is 9.43. The highest BCUT2D eigenvalue weighted by Gasteiger charge is 2.11. The fraction of sp³-hybridized carbons (Fsp3) is 0.400. The van der Waals surface area contributed by atoms with Crippen molar-refractivity contribution in [3.05, 3.63) is 42.1 Å². The maximum absolute atomic E-state index is 4.18. The van der Waals surface area contributed by atoms with Crippen molar-refractivity contribution in [3.63, 3.8) is 0 Å². The minimum atomic E-state index is 0.834. The van der Waals surface area contributed by atoms with E-state index in [-0.39, 0.29) is 0 Å². The third-order valence-corrected chi connectivity index (χ3v) is 3.63. The summed E-state index contributed by atoms with van der Waals surface area (Å²) in [6.45, 7) is 3.14. The Kier molecular flexibility index (Phi) is 3.91. The van der Waals surface area contributed by atoms with E-state index < -0.39 is 0 Å². The van der Waals surface area contributed by atoms with Gasteiger partial charge in [-0.15, -0.1) is 0 Å². The number of nitrogens with zero attached hydrogens (tertiary/aromatic N) is 2. The molecular weight excluding hydrogens is 236 g/mol. The van der Waals surface area contributed by atoms with Gasteiger partial charge in [0.05, 0.1) is 11.9 Å². The first-order valence-electron chi connectivity index (χ1n) is 6.99. The van der Waals surface area contributed by atoms with Crippen LogP contribution in [0.25, 0.3) is 11.3 Å². The Bertz CT molecular complexity index is 500. The smallest absolute Gasteiger partial charge is 0.0695 e. The summed E-state index contributed by atoms with van der Waals surface area (Å²) >= 11 is 0. The summed E-state index contributed by atoms with van der Waals surface area (Å²) in [5, 5.41) is 9.60. The van der Waals surface area contributed by atoms with Gasteiger partial charge in [-0.25, -0.2) is 5.01 Å². The highest BCUT2D eigenvalue weighted by Crippen LogP contribution is 2.20. The molecule has 4 heteroatoms. The highest BCUT2D eigenvalue weighted by molar-refractivity contribution is 5.62. The van der Waals surface area contributed by atoms with E-state index in [1.54, 1.807) is 0 Å². The van der Waals surface area contributed by atoms with E-state index in [1.807, 2.05) is 12.3 Å². The Balaban J connectivity index is 1.67. The van der Waals surface area contributed by atoms with Gasteiger partial charge in [0, 0.05) is 25.2 Å². The van der Waals surface area contributed by atoms with Gasteiger partial charge in [0.2, 0.25) is 0 Å². The molecule has 4 nitrogen and oxygen atoms in total. The highest BCUT2D eigenvalue weighted by atomic mass is 15.5. The number of benzene rings is 1. The second kappa shape index (κ2) is 5.99. The molecule has 1 aliphatic heterocycles.